The highest BCUT2D eigenvalue weighted by molar-refractivity contribution is 5.82. The van der Waals surface area contributed by atoms with Gasteiger partial charge in [0.2, 0.25) is 0 Å². The zero-order valence-corrected chi connectivity index (χ0v) is 13.6. The predicted molar refractivity (Wildman–Crippen MR) is 83.1 cm³/mol. The molecule has 0 aromatic carbocycles. The number of nitrogens with one attached hydrogen (secondary N) is 1. The molecule has 2 atom stereocenters. The van der Waals surface area contributed by atoms with Crippen molar-refractivity contribution in [3.05, 3.63) is 0 Å². The van der Waals surface area contributed by atoms with Gasteiger partial charge in [-0.1, -0.05) is 13.3 Å². The van der Waals surface area contributed by atoms with Crippen molar-refractivity contribution in [3.8, 4) is 0 Å². The predicted octanol–water partition coefficient (Wildman–Crippen LogP) is 2.18. The Balaban J connectivity index is 1.68. The Morgan fingerprint density at radius 3 is 2.62 bits per heavy atom. The van der Waals surface area contributed by atoms with E-state index in [2.05, 4.69) is 17.1 Å². The van der Waals surface area contributed by atoms with Crippen LogP contribution in [0, 0.1) is 11.8 Å². The lowest BCUT2D eigenvalue weighted by Crippen LogP contribution is -2.61. The normalized spacial score (nSPS) is 29.3. The Morgan fingerprint density at radius 1 is 1.29 bits per heavy atom. The second kappa shape index (κ2) is 6.25. The van der Waals surface area contributed by atoms with Gasteiger partial charge in [-0.25, -0.2) is 4.79 Å². The number of likely N-dealkylation sites (tertiary alicyclic amines) is 1. The van der Waals surface area contributed by atoms with Gasteiger partial charge in [0.1, 0.15) is 5.54 Å². The molecular weight excluding hydrogens is 264 g/mol. The van der Waals surface area contributed by atoms with Crippen LogP contribution in [-0.2, 0) is 9.53 Å². The summed E-state index contributed by atoms with van der Waals surface area (Å²) in [6, 6.07) is 0.541. The van der Waals surface area contributed by atoms with Crippen LogP contribution in [0.2, 0.25) is 0 Å². The highest BCUT2D eigenvalue weighted by Crippen LogP contribution is 2.43. The average Bonchev–Trinajstić information content (AvgIpc) is 3.38. The Labute approximate surface area is 128 Å². The van der Waals surface area contributed by atoms with Gasteiger partial charge in [-0.3, -0.25) is 5.32 Å². The molecule has 2 aliphatic carbocycles. The van der Waals surface area contributed by atoms with Gasteiger partial charge in [0.15, 0.2) is 0 Å². The lowest BCUT2D eigenvalue weighted by molar-refractivity contribution is -0.150. The van der Waals surface area contributed by atoms with E-state index in [1.54, 1.807) is 0 Å². The first-order valence-electron chi connectivity index (χ1n) is 8.76. The Hall–Kier alpha value is -0.610. The summed E-state index contributed by atoms with van der Waals surface area (Å²) in [5.41, 5.74) is -0.434. The van der Waals surface area contributed by atoms with Gasteiger partial charge in [0.05, 0.1) is 7.11 Å². The second-order valence-corrected chi connectivity index (χ2v) is 7.33. The molecule has 3 aliphatic rings. The van der Waals surface area contributed by atoms with Gasteiger partial charge in [0, 0.05) is 19.1 Å². The Morgan fingerprint density at radius 2 is 2.05 bits per heavy atom. The van der Waals surface area contributed by atoms with Crippen LogP contribution in [0.25, 0.3) is 0 Å². The fraction of sp³-hybridized carbons (Fsp3) is 0.941. The number of ether oxygens (including phenoxy) is 1. The van der Waals surface area contributed by atoms with Crippen molar-refractivity contribution in [2.75, 3.05) is 26.7 Å². The first-order chi connectivity index (χ1) is 10.2. The number of esters is 1. The molecule has 21 heavy (non-hydrogen) atoms. The fourth-order valence-electron chi connectivity index (χ4n) is 3.99. The molecule has 0 aromatic heterocycles. The van der Waals surface area contributed by atoms with Crippen molar-refractivity contribution < 1.29 is 9.53 Å². The van der Waals surface area contributed by atoms with Gasteiger partial charge >= 0.3 is 5.97 Å². The van der Waals surface area contributed by atoms with Crippen molar-refractivity contribution in [2.45, 2.75) is 63.5 Å². The van der Waals surface area contributed by atoms with E-state index in [1.807, 2.05) is 0 Å². The van der Waals surface area contributed by atoms with Gasteiger partial charge in [0.25, 0.3) is 0 Å². The van der Waals surface area contributed by atoms with Gasteiger partial charge in [-0.2, -0.15) is 0 Å². The number of carbonyl (C=O) groups excluding carboxylic acids is 1. The molecule has 0 amide bonds. The van der Waals surface area contributed by atoms with E-state index < -0.39 is 5.54 Å². The van der Waals surface area contributed by atoms with Gasteiger partial charge in [-0.15, -0.1) is 0 Å². The highest BCUT2D eigenvalue weighted by atomic mass is 16.5. The number of nitrogens with zero attached hydrogens (tertiary/aromatic N) is 1. The monoisotopic (exact) mass is 294 g/mol. The van der Waals surface area contributed by atoms with Gasteiger partial charge < -0.3 is 9.64 Å². The maximum absolute atomic E-state index is 12.6. The van der Waals surface area contributed by atoms with E-state index in [0.29, 0.717) is 12.0 Å². The standard InChI is InChI=1S/C17H30N2O2/c1-3-4-13-9-10-19(11-13)12-17(14-5-6-14,16(20)21-2)18-15-7-8-15/h13-15,18H,3-12H2,1-2H3. The molecule has 1 N–H and O–H groups in total. The quantitative estimate of drug-likeness (QED) is 0.697. The number of methoxy groups -OCH3 is 1. The topological polar surface area (TPSA) is 41.6 Å². The largest absolute Gasteiger partial charge is 0.468 e. The van der Waals surface area contributed by atoms with Crippen LogP contribution >= 0.6 is 0 Å². The smallest absolute Gasteiger partial charge is 0.327 e. The van der Waals surface area contributed by atoms with E-state index in [1.165, 1.54) is 52.1 Å². The van der Waals surface area contributed by atoms with E-state index in [4.69, 9.17) is 4.74 Å². The molecule has 4 nitrogen and oxygen atoms in total. The third kappa shape index (κ3) is 3.42. The Kier molecular flexibility index (Phi) is 4.55. The molecule has 1 heterocycles. The third-order valence-corrected chi connectivity index (χ3v) is 5.40. The summed E-state index contributed by atoms with van der Waals surface area (Å²) in [5.74, 6) is 1.28. The minimum Gasteiger partial charge on any atom is -0.468 e. The van der Waals surface area contributed by atoms with E-state index in [-0.39, 0.29) is 5.97 Å². The average molecular weight is 294 g/mol. The molecular formula is C17H30N2O2. The molecule has 2 saturated carbocycles. The number of carbonyl (C=O) groups is 1. The first-order valence-corrected chi connectivity index (χ1v) is 8.76. The van der Waals surface area contributed by atoms with Crippen LogP contribution in [0.1, 0.15) is 51.9 Å². The summed E-state index contributed by atoms with van der Waals surface area (Å²) in [6.07, 6.45) is 8.64. The highest BCUT2D eigenvalue weighted by Gasteiger charge is 2.54. The molecule has 4 heteroatoms. The van der Waals surface area contributed by atoms with Crippen molar-refractivity contribution in [2.24, 2.45) is 11.8 Å². The summed E-state index contributed by atoms with van der Waals surface area (Å²) in [7, 11) is 1.54. The van der Waals surface area contributed by atoms with Crippen molar-refractivity contribution >= 4 is 5.97 Å². The second-order valence-electron chi connectivity index (χ2n) is 7.33. The fourth-order valence-corrected chi connectivity index (χ4v) is 3.99. The summed E-state index contributed by atoms with van der Waals surface area (Å²) in [6.45, 7) is 5.41. The van der Waals surface area contributed by atoms with Crippen LogP contribution < -0.4 is 5.32 Å². The molecule has 0 radical (unpaired) electrons. The SMILES string of the molecule is CCCC1CCN(CC(NC2CC2)(C(=O)OC)C2CC2)C1. The van der Waals surface area contributed by atoms with Crippen LogP contribution in [0.15, 0.2) is 0 Å². The van der Waals surface area contributed by atoms with Crippen molar-refractivity contribution in [1.29, 1.82) is 0 Å². The maximum atomic E-state index is 12.6. The molecule has 2 unspecified atom stereocenters. The third-order valence-electron chi connectivity index (χ3n) is 5.40. The molecule has 0 spiro atoms. The summed E-state index contributed by atoms with van der Waals surface area (Å²) in [5, 5.41) is 3.67. The Bertz CT molecular complexity index is 379. The number of hydrogen-bond donors (Lipinski definition) is 1. The maximum Gasteiger partial charge on any atom is 0.327 e. The summed E-state index contributed by atoms with van der Waals surface area (Å²) >= 11 is 0. The molecule has 3 fully saturated rings. The summed E-state index contributed by atoms with van der Waals surface area (Å²) < 4.78 is 5.20. The molecule has 0 aromatic rings. The van der Waals surface area contributed by atoms with Crippen LogP contribution in [0.3, 0.4) is 0 Å². The van der Waals surface area contributed by atoms with Crippen LogP contribution in [0.5, 0.6) is 0 Å². The van der Waals surface area contributed by atoms with Crippen molar-refractivity contribution in [1.82, 2.24) is 10.2 Å². The summed E-state index contributed by atoms with van der Waals surface area (Å²) in [4.78, 5) is 15.1. The van der Waals surface area contributed by atoms with Crippen LogP contribution in [-0.4, -0.2) is 49.2 Å². The molecule has 1 saturated heterocycles. The molecule has 1 aliphatic heterocycles. The minimum atomic E-state index is -0.434. The first kappa shape index (κ1) is 15.3. The number of rotatable bonds is 8. The van der Waals surface area contributed by atoms with Crippen LogP contribution in [0.4, 0.5) is 0 Å². The minimum absolute atomic E-state index is 0.0316. The van der Waals surface area contributed by atoms with Crippen molar-refractivity contribution in [3.63, 3.8) is 0 Å². The zero-order valence-electron chi connectivity index (χ0n) is 13.6. The molecule has 3 rings (SSSR count). The lowest BCUT2D eigenvalue weighted by atomic mass is 9.91. The van der Waals surface area contributed by atoms with Gasteiger partial charge in [-0.05, 0) is 56.9 Å². The van der Waals surface area contributed by atoms with E-state index in [9.17, 15) is 4.79 Å². The number of hydrogen-bond acceptors (Lipinski definition) is 4. The van der Waals surface area contributed by atoms with E-state index in [0.717, 1.165) is 25.6 Å². The molecule has 0 bridgehead atoms. The zero-order chi connectivity index (χ0) is 14.9. The lowest BCUT2D eigenvalue weighted by Gasteiger charge is -2.36. The van der Waals surface area contributed by atoms with E-state index >= 15 is 0 Å². The molecule has 120 valence electrons.